The number of rotatable bonds is 2. The predicted molar refractivity (Wildman–Crippen MR) is 77.9 cm³/mol. The van der Waals surface area contributed by atoms with Gasteiger partial charge < -0.3 is 6.55 Å². The van der Waals surface area contributed by atoms with E-state index < -0.39 is 0 Å². The molecule has 0 aromatic heterocycles. The summed E-state index contributed by atoms with van der Waals surface area (Å²) < 4.78 is 0. The van der Waals surface area contributed by atoms with Crippen molar-refractivity contribution in [3.8, 4) is 0 Å². The molecule has 1 aliphatic rings. The van der Waals surface area contributed by atoms with Gasteiger partial charge in [-0.05, 0) is 61.9 Å². The minimum Gasteiger partial charge on any atom is -0.345 e. The van der Waals surface area contributed by atoms with E-state index in [9.17, 15) is 0 Å². The summed E-state index contributed by atoms with van der Waals surface area (Å²) in [6.07, 6.45) is 7.71. The fourth-order valence-corrected chi connectivity index (χ4v) is 3.55. The third-order valence-electron chi connectivity index (χ3n) is 3.96. The first-order chi connectivity index (χ1) is 8.07. The summed E-state index contributed by atoms with van der Waals surface area (Å²) in [4.78, 5) is 0. The Balaban J connectivity index is 0.00000162. The number of hydrogen-bond donors (Lipinski definition) is 0. The maximum Gasteiger partial charge on any atom is 0 e. The van der Waals surface area contributed by atoms with E-state index in [0.29, 0.717) is 9.52 Å². The van der Waals surface area contributed by atoms with Crippen LogP contribution in [0.1, 0.15) is 34.2 Å². The molecule has 1 aromatic rings. The summed E-state index contributed by atoms with van der Waals surface area (Å²) in [6.45, 7) is 13.1. The van der Waals surface area contributed by atoms with E-state index in [1.54, 1.807) is 0 Å². The number of hydrogen-bond acceptors (Lipinski definition) is 0. The third-order valence-corrected chi connectivity index (χ3v) is 4.94. The van der Waals surface area contributed by atoms with Gasteiger partial charge in [-0.3, -0.25) is 0 Å². The van der Waals surface area contributed by atoms with Crippen molar-refractivity contribution in [2.45, 2.75) is 34.1 Å². The van der Waals surface area contributed by atoms with Crippen LogP contribution < -0.4 is 5.19 Å². The van der Waals surface area contributed by atoms with Crippen molar-refractivity contribution in [2.75, 3.05) is 0 Å². The summed E-state index contributed by atoms with van der Waals surface area (Å²) in [5.41, 5.74) is 8.67. The molecule has 0 unspecified atom stereocenters. The van der Waals surface area contributed by atoms with Crippen LogP contribution in [-0.4, -0.2) is 9.52 Å². The van der Waals surface area contributed by atoms with Gasteiger partial charge in [-0.2, -0.15) is 0 Å². The van der Waals surface area contributed by atoms with Crippen LogP contribution in [0.15, 0.2) is 18.2 Å². The Bertz CT molecular complexity index is 525. The summed E-state index contributed by atoms with van der Waals surface area (Å²) in [7, 11) is 0.625. The van der Waals surface area contributed by atoms with Crippen molar-refractivity contribution >= 4 is 20.3 Å². The molecule has 0 atom stereocenters. The fourth-order valence-electron chi connectivity index (χ4n) is 2.57. The first kappa shape index (κ1) is 15.7. The zero-order valence-electron chi connectivity index (χ0n) is 11.5. The Kier molecular flexibility index (Phi) is 5.37. The third kappa shape index (κ3) is 2.48. The Morgan fingerprint density at radius 3 is 2.11 bits per heavy atom. The van der Waals surface area contributed by atoms with Gasteiger partial charge in [0.05, 0.1) is 0 Å². The van der Waals surface area contributed by atoms with Crippen LogP contribution in [0.25, 0.3) is 5.57 Å². The van der Waals surface area contributed by atoms with Gasteiger partial charge in [0.25, 0.3) is 0 Å². The van der Waals surface area contributed by atoms with E-state index >= 15 is 0 Å². The van der Waals surface area contributed by atoms with Gasteiger partial charge in [0, 0.05) is 21.1 Å². The fraction of sp³-hybridized carbons (Fsp3) is 0.312. The molecule has 18 heavy (non-hydrogen) atoms. The molecule has 0 fully saturated rings. The quantitative estimate of drug-likeness (QED) is 0.495. The second kappa shape index (κ2) is 6.17. The van der Waals surface area contributed by atoms with Gasteiger partial charge in [-0.1, -0.05) is 29.0 Å². The van der Waals surface area contributed by atoms with Crippen LogP contribution in [0.4, 0.5) is 0 Å². The molecule has 2 radical (unpaired) electrons. The van der Waals surface area contributed by atoms with Crippen LogP contribution in [-0.2, 0) is 21.1 Å². The Labute approximate surface area is 128 Å². The predicted octanol–water partition coefficient (Wildman–Crippen LogP) is 3.38. The molecule has 98 valence electrons. The van der Waals surface area contributed by atoms with E-state index in [2.05, 4.69) is 52.5 Å². The normalized spacial score (nSPS) is 13.5. The minimum atomic E-state index is 0. The maximum absolute atomic E-state index is 4.14. The van der Waals surface area contributed by atoms with E-state index in [4.69, 9.17) is 0 Å². The average Bonchev–Trinajstić information content (AvgIpc) is 2.84. The van der Waals surface area contributed by atoms with Crippen molar-refractivity contribution < 1.29 is 21.1 Å². The Morgan fingerprint density at radius 1 is 1.00 bits per heavy atom. The van der Waals surface area contributed by atoms with E-state index in [0.717, 1.165) is 6.42 Å². The van der Waals surface area contributed by atoms with Gasteiger partial charge >= 0.3 is 0 Å². The maximum atomic E-state index is 4.14. The van der Waals surface area contributed by atoms with E-state index in [1.807, 2.05) is 0 Å². The van der Waals surface area contributed by atoms with Crippen LogP contribution in [0.2, 0.25) is 0 Å². The Morgan fingerprint density at radius 2 is 1.61 bits per heavy atom. The Hall–Kier alpha value is -0.395. The summed E-state index contributed by atoms with van der Waals surface area (Å²) >= 11 is 0. The summed E-state index contributed by atoms with van der Waals surface area (Å²) in [5.74, 6) is 0. The molecule has 0 aliphatic heterocycles. The van der Waals surface area contributed by atoms with Crippen molar-refractivity contribution in [1.29, 1.82) is 0 Å². The van der Waals surface area contributed by atoms with Crippen molar-refractivity contribution in [3.63, 3.8) is 0 Å². The summed E-state index contributed by atoms with van der Waals surface area (Å²) in [5, 5.41) is 1.46. The molecule has 0 saturated heterocycles. The molecule has 0 bridgehead atoms. The number of benzene rings is 1. The van der Waals surface area contributed by atoms with Crippen LogP contribution in [0, 0.1) is 34.2 Å². The van der Waals surface area contributed by atoms with Crippen molar-refractivity contribution in [2.24, 2.45) is 0 Å². The van der Waals surface area contributed by atoms with Gasteiger partial charge in [-0.15, -0.1) is 9.52 Å². The molecule has 1 aromatic carbocycles. The molecule has 2 heteroatoms. The second-order valence-electron chi connectivity index (χ2n) is 4.75. The van der Waals surface area contributed by atoms with Crippen LogP contribution >= 0.6 is 0 Å². The molecule has 0 saturated carbocycles. The van der Waals surface area contributed by atoms with Crippen molar-refractivity contribution in [3.05, 3.63) is 52.6 Å². The first-order valence-corrected chi connectivity index (χ1v) is 7.28. The smallest absolute Gasteiger partial charge is 0 e. The minimum absolute atomic E-state index is 0. The molecule has 0 heterocycles. The van der Waals surface area contributed by atoms with Gasteiger partial charge in [-0.25, -0.2) is 0 Å². The molecule has 0 amide bonds. The summed E-state index contributed by atoms with van der Waals surface area (Å²) in [6, 6.07) is 0. The molecule has 1 aliphatic carbocycles. The largest absolute Gasteiger partial charge is 0.345 e. The monoisotopic (exact) mass is 434 g/mol. The molecule has 2 rings (SSSR count). The zero-order valence-corrected chi connectivity index (χ0v) is 14.7. The molecule has 0 nitrogen and oxygen atoms in total. The van der Waals surface area contributed by atoms with E-state index in [-0.39, 0.29) is 21.1 Å². The average molecular weight is 434 g/mol. The molecular weight excluding hydrogens is 415 g/mol. The first-order valence-electron chi connectivity index (χ1n) is 6.07. The topological polar surface area (TPSA) is 0 Å². The van der Waals surface area contributed by atoms with Gasteiger partial charge in [0.2, 0.25) is 0 Å². The van der Waals surface area contributed by atoms with Crippen molar-refractivity contribution in [1.82, 2.24) is 0 Å². The standard InChI is InChI=1S/C16H19Si.Pt/c1-10-11(2)13(4)16(17-5)15(12(10)3)14-8-6-7-9-14;/h6-8H,5,9H2,1-4H3;/q-1;. The zero-order chi connectivity index (χ0) is 12.6. The van der Waals surface area contributed by atoms with Gasteiger partial charge in [0.1, 0.15) is 0 Å². The second-order valence-corrected chi connectivity index (χ2v) is 5.60. The number of allylic oxidation sites excluding steroid dienone is 4. The van der Waals surface area contributed by atoms with Gasteiger partial charge in [0.15, 0.2) is 0 Å². The molecule has 0 spiro atoms. The molecular formula is C16H19PtSi-. The van der Waals surface area contributed by atoms with E-state index in [1.165, 1.54) is 38.6 Å². The molecule has 0 N–H and O–H groups in total. The SMILES string of the molecule is [CH2-][Si]c1c(C)c(C)c(C)c(C)c1C1=CC=CC1.[Pt]. The van der Waals surface area contributed by atoms with Crippen LogP contribution in [0.5, 0.6) is 0 Å². The van der Waals surface area contributed by atoms with Crippen LogP contribution in [0.3, 0.4) is 0 Å².